The topological polar surface area (TPSA) is 68.2 Å². The predicted molar refractivity (Wildman–Crippen MR) is 125 cm³/mol. The Hall–Kier alpha value is -2.07. The lowest BCUT2D eigenvalue weighted by Crippen LogP contribution is -2.54. The molecule has 0 saturated carbocycles. The monoisotopic (exact) mass is 446 g/mol. The van der Waals surface area contributed by atoms with Crippen LogP contribution in [0.2, 0.25) is 0 Å². The fraction of sp³-hybridized carbons (Fsp3) is 0.250. The van der Waals surface area contributed by atoms with E-state index in [0.717, 1.165) is 10.5 Å². The van der Waals surface area contributed by atoms with E-state index < -0.39 is 16.9 Å². The van der Waals surface area contributed by atoms with Crippen molar-refractivity contribution < 1.29 is 10.0 Å². The molecule has 1 aliphatic rings. The Bertz CT molecular complexity index is 904. The first kappa shape index (κ1) is 21.6. The van der Waals surface area contributed by atoms with Gasteiger partial charge in [0, 0.05) is 10.6 Å². The van der Waals surface area contributed by atoms with E-state index in [1.165, 1.54) is 16.8 Å². The van der Waals surface area contributed by atoms with Crippen molar-refractivity contribution in [2.24, 2.45) is 5.10 Å². The van der Waals surface area contributed by atoms with Crippen LogP contribution in [0, 0.1) is 0 Å². The average molecular weight is 447 g/mol. The Morgan fingerprint density at radius 2 is 1.93 bits per heavy atom. The molecule has 29 heavy (non-hydrogen) atoms. The van der Waals surface area contributed by atoms with E-state index in [0.29, 0.717) is 15.1 Å². The highest BCUT2D eigenvalue weighted by Crippen LogP contribution is 2.42. The third-order valence-corrected chi connectivity index (χ3v) is 6.58. The largest absolute Gasteiger partial charge is 0.347 e. The SMILES string of the molecule is CSc1ccc(C=NN2C(=S)SC(C)(C)C2N(O)C(=O)Nc2ccccc2)cc1. The Kier molecular flexibility index (Phi) is 6.84. The Labute approximate surface area is 184 Å². The fourth-order valence-electron chi connectivity index (χ4n) is 2.86. The number of para-hydroxylation sites is 1. The quantitative estimate of drug-likeness (QED) is 0.219. The van der Waals surface area contributed by atoms with Gasteiger partial charge in [-0.05, 0) is 49.9 Å². The van der Waals surface area contributed by atoms with Gasteiger partial charge < -0.3 is 5.32 Å². The number of hydrogen-bond acceptors (Lipinski definition) is 6. The van der Waals surface area contributed by atoms with Gasteiger partial charge in [-0.15, -0.1) is 11.8 Å². The lowest BCUT2D eigenvalue weighted by Gasteiger charge is -2.34. The maximum absolute atomic E-state index is 12.6. The van der Waals surface area contributed by atoms with Crippen molar-refractivity contribution in [3.05, 3.63) is 60.2 Å². The Morgan fingerprint density at radius 1 is 1.28 bits per heavy atom. The van der Waals surface area contributed by atoms with Gasteiger partial charge in [0.2, 0.25) is 0 Å². The first-order chi connectivity index (χ1) is 13.8. The van der Waals surface area contributed by atoms with Crippen LogP contribution >= 0.6 is 35.7 Å². The summed E-state index contributed by atoms with van der Waals surface area (Å²) in [6.45, 7) is 3.83. The second-order valence-electron chi connectivity index (χ2n) is 6.85. The first-order valence-electron chi connectivity index (χ1n) is 8.86. The molecule has 3 rings (SSSR count). The predicted octanol–water partition coefficient (Wildman–Crippen LogP) is 5.10. The second kappa shape index (κ2) is 9.17. The molecule has 152 valence electrons. The molecule has 2 N–H and O–H groups in total. The van der Waals surface area contributed by atoms with Crippen LogP contribution < -0.4 is 5.32 Å². The molecule has 0 radical (unpaired) electrons. The fourth-order valence-corrected chi connectivity index (χ4v) is 5.05. The number of urea groups is 1. The standard InChI is InChI=1S/C20H22N4O2S3/c1-20(2)17(24(26)18(25)22-15-7-5-4-6-8-15)23(19(27)29-20)21-13-14-9-11-16(28-3)12-10-14/h4-13,17,26H,1-3H3,(H,22,25). The van der Waals surface area contributed by atoms with Gasteiger partial charge >= 0.3 is 6.03 Å². The van der Waals surface area contributed by atoms with Crippen LogP contribution in [-0.4, -0.2) is 49.0 Å². The highest BCUT2D eigenvalue weighted by molar-refractivity contribution is 8.24. The molecule has 1 atom stereocenters. The molecule has 9 heteroatoms. The van der Waals surface area contributed by atoms with Gasteiger partial charge in [0.05, 0.1) is 11.0 Å². The van der Waals surface area contributed by atoms with Crippen molar-refractivity contribution in [1.82, 2.24) is 10.1 Å². The Balaban J connectivity index is 1.80. The van der Waals surface area contributed by atoms with E-state index in [1.54, 1.807) is 42.2 Å². The zero-order chi connectivity index (χ0) is 21.0. The number of nitrogens with one attached hydrogen (secondary N) is 1. The van der Waals surface area contributed by atoms with Crippen LogP contribution in [0.15, 0.2) is 64.6 Å². The Morgan fingerprint density at radius 3 is 2.55 bits per heavy atom. The summed E-state index contributed by atoms with van der Waals surface area (Å²) in [6.07, 6.45) is 2.94. The third-order valence-electron chi connectivity index (χ3n) is 4.30. The van der Waals surface area contributed by atoms with Gasteiger partial charge in [0.15, 0.2) is 10.5 Å². The number of hydrazone groups is 1. The number of thiocarbonyl (C=S) groups is 1. The molecule has 2 amide bonds. The van der Waals surface area contributed by atoms with E-state index in [1.807, 2.05) is 50.4 Å². The number of thioether (sulfide) groups is 2. The highest BCUT2D eigenvalue weighted by atomic mass is 32.2. The normalized spacial score (nSPS) is 18.3. The van der Waals surface area contributed by atoms with Gasteiger partial charge in [-0.2, -0.15) is 10.2 Å². The number of nitrogens with zero attached hydrogens (tertiary/aromatic N) is 3. The summed E-state index contributed by atoms with van der Waals surface area (Å²) >= 11 is 8.52. The minimum Gasteiger partial charge on any atom is -0.306 e. The van der Waals surface area contributed by atoms with Crippen molar-refractivity contribution >= 4 is 58.0 Å². The number of rotatable bonds is 5. The van der Waals surface area contributed by atoms with E-state index in [2.05, 4.69) is 10.4 Å². The number of anilines is 1. The molecule has 0 aliphatic carbocycles. The summed E-state index contributed by atoms with van der Waals surface area (Å²) in [5, 5.41) is 20.0. The number of carbonyl (C=O) groups excluding carboxylic acids is 1. The van der Waals surface area contributed by atoms with Crippen molar-refractivity contribution in [3.8, 4) is 0 Å². The van der Waals surface area contributed by atoms with Crippen LogP contribution in [0.1, 0.15) is 19.4 Å². The van der Waals surface area contributed by atoms with E-state index in [-0.39, 0.29) is 0 Å². The molecule has 2 aromatic carbocycles. The molecule has 1 fully saturated rings. The molecule has 0 bridgehead atoms. The maximum atomic E-state index is 12.6. The molecule has 1 heterocycles. The smallest absolute Gasteiger partial charge is 0.306 e. The van der Waals surface area contributed by atoms with E-state index in [4.69, 9.17) is 12.2 Å². The second-order valence-corrected chi connectivity index (χ2v) is 10.0. The maximum Gasteiger partial charge on any atom is 0.347 e. The molecule has 0 spiro atoms. The number of hydrogen-bond donors (Lipinski definition) is 2. The van der Waals surface area contributed by atoms with Crippen molar-refractivity contribution in [1.29, 1.82) is 0 Å². The minimum absolute atomic E-state index is 0.489. The lowest BCUT2D eigenvalue weighted by molar-refractivity contribution is -0.114. The molecular weight excluding hydrogens is 424 g/mol. The van der Waals surface area contributed by atoms with Crippen molar-refractivity contribution in [3.63, 3.8) is 0 Å². The number of amides is 2. The molecule has 2 aromatic rings. The zero-order valence-corrected chi connectivity index (χ0v) is 18.7. The summed E-state index contributed by atoms with van der Waals surface area (Å²) in [6, 6.07) is 16.3. The molecular formula is C20H22N4O2S3. The molecule has 1 aliphatic heterocycles. The number of carbonyl (C=O) groups is 1. The zero-order valence-electron chi connectivity index (χ0n) is 16.3. The van der Waals surface area contributed by atoms with Crippen LogP contribution in [0.4, 0.5) is 10.5 Å². The van der Waals surface area contributed by atoms with E-state index in [9.17, 15) is 10.0 Å². The van der Waals surface area contributed by atoms with Crippen LogP contribution in [-0.2, 0) is 0 Å². The number of benzene rings is 2. The summed E-state index contributed by atoms with van der Waals surface area (Å²) in [4.78, 5) is 13.8. The summed E-state index contributed by atoms with van der Waals surface area (Å²) in [7, 11) is 0. The number of hydroxylamine groups is 2. The minimum atomic E-state index is -0.759. The highest BCUT2D eigenvalue weighted by Gasteiger charge is 2.50. The van der Waals surface area contributed by atoms with Gasteiger partial charge in [-0.3, -0.25) is 5.21 Å². The molecule has 1 saturated heterocycles. The van der Waals surface area contributed by atoms with Crippen LogP contribution in [0.5, 0.6) is 0 Å². The summed E-state index contributed by atoms with van der Waals surface area (Å²) < 4.78 is -0.0663. The lowest BCUT2D eigenvalue weighted by atomic mass is 10.1. The van der Waals surface area contributed by atoms with Gasteiger partial charge in [-0.1, -0.05) is 54.3 Å². The average Bonchev–Trinajstić information content (AvgIpc) is 2.94. The molecule has 1 unspecified atom stereocenters. The van der Waals surface area contributed by atoms with Gasteiger partial charge in [0.25, 0.3) is 0 Å². The third kappa shape index (κ3) is 5.11. The molecule has 6 nitrogen and oxygen atoms in total. The van der Waals surface area contributed by atoms with Gasteiger partial charge in [-0.25, -0.2) is 9.80 Å². The van der Waals surface area contributed by atoms with Crippen molar-refractivity contribution in [2.75, 3.05) is 11.6 Å². The first-order valence-corrected chi connectivity index (χ1v) is 11.3. The molecule has 0 aromatic heterocycles. The van der Waals surface area contributed by atoms with Crippen LogP contribution in [0.3, 0.4) is 0 Å². The van der Waals surface area contributed by atoms with Gasteiger partial charge in [0.1, 0.15) is 0 Å². The van der Waals surface area contributed by atoms with E-state index >= 15 is 0 Å². The van der Waals surface area contributed by atoms with Crippen LogP contribution in [0.25, 0.3) is 0 Å². The summed E-state index contributed by atoms with van der Waals surface area (Å²) in [5.74, 6) is 0. The van der Waals surface area contributed by atoms with Crippen molar-refractivity contribution in [2.45, 2.75) is 29.7 Å². The summed E-state index contributed by atoms with van der Waals surface area (Å²) in [5.41, 5.74) is 1.49.